The van der Waals surface area contributed by atoms with Gasteiger partial charge in [0.15, 0.2) is 30.5 Å². The van der Waals surface area contributed by atoms with Gasteiger partial charge in [-0.15, -0.1) is 0 Å². The van der Waals surface area contributed by atoms with E-state index >= 15 is 0 Å². The highest BCUT2D eigenvalue weighted by Gasteiger charge is 2.15. The molecule has 7 nitrogen and oxygen atoms in total. The Labute approximate surface area is 130 Å². The molecule has 1 N–H and O–H groups in total. The van der Waals surface area contributed by atoms with Crippen LogP contribution in [0.15, 0.2) is 47.1 Å². The van der Waals surface area contributed by atoms with E-state index in [1.165, 1.54) is 42.7 Å². The van der Waals surface area contributed by atoms with Gasteiger partial charge in [-0.1, -0.05) is 12.1 Å². The molecule has 1 aromatic carbocycles. The van der Waals surface area contributed by atoms with Crippen LogP contribution in [0, 0.1) is 5.82 Å². The van der Waals surface area contributed by atoms with Crippen molar-refractivity contribution in [1.29, 1.82) is 0 Å². The molecule has 0 saturated heterocycles. The minimum atomic E-state index is -0.881. The Bertz CT molecular complexity index is 698. The fourth-order valence-electron chi connectivity index (χ4n) is 1.52. The predicted octanol–water partition coefficient (Wildman–Crippen LogP) is 1.30. The number of carbonyl (C=O) groups is 3. The van der Waals surface area contributed by atoms with Crippen LogP contribution in [0.3, 0.4) is 0 Å². The molecular formula is C15H12FNO6. The van der Waals surface area contributed by atoms with Crippen molar-refractivity contribution < 1.29 is 32.7 Å². The third kappa shape index (κ3) is 4.95. The lowest BCUT2D eigenvalue weighted by Crippen LogP contribution is -2.34. The summed E-state index contributed by atoms with van der Waals surface area (Å²) in [6.07, 6.45) is 1.28. The second-order valence-electron chi connectivity index (χ2n) is 4.23. The maximum absolute atomic E-state index is 13.2. The molecule has 0 radical (unpaired) electrons. The van der Waals surface area contributed by atoms with Crippen molar-refractivity contribution in [3.05, 3.63) is 54.2 Å². The molecule has 0 aliphatic rings. The standard InChI is InChI=1S/C15H12FNO6/c16-10-4-1-2-5-11(10)22-9-14(19)23-8-13(18)17-15(20)12-6-3-7-21-12/h1-7H,8-9H2,(H,17,18,20). The zero-order chi connectivity index (χ0) is 16.7. The van der Waals surface area contributed by atoms with Gasteiger partial charge in [-0.05, 0) is 24.3 Å². The van der Waals surface area contributed by atoms with Gasteiger partial charge in [0.2, 0.25) is 0 Å². The summed E-state index contributed by atoms with van der Waals surface area (Å²) in [6, 6.07) is 8.39. The number of carbonyl (C=O) groups excluding carboxylic acids is 3. The number of nitrogens with one attached hydrogen (secondary N) is 1. The highest BCUT2D eigenvalue weighted by atomic mass is 19.1. The number of esters is 1. The van der Waals surface area contributed by atoms with Gasteiger partial charge in [0.1, 0.15) is 0 Å². The van der Waals surface area contributed by atoms with E-state index < -0.39 is 36.8 Å². The molecule has 120 valence electrons. The normalized spacial score (nSPS) is 9.96. The zero-order valence-corrected chi connectivity index (χ0v) is 11.8. The second-order valence-corrected chi connectivity index (χ2v) is 4.23. The maximum atomic E-state index is 13.2. The number of hydrogen-bond acceptors (Lipinski definition) is 6. The SMILES string of the molecule is O=C(COC(=O)COc1ccccc1F)NC(=O)c1ccco1. The van der Waals surface area contributed by atoms with Crippen LogP contribution in [0.2, 0.25) is 0 Å². The largest absolute Gasteiger partial charge is 0.479 e. The Morgan fingerprint density at radius 1 is 1.09 bits per heavy atom. The van der Waals surface area contributed by atoms with E-state index in [0.717, 1.165) is 0 Å². The molecule has 2 rings (SSSR count). The highest BCUT2D eigenvalue weighted by Crippen LogP contribution is 2.14. The van der Waals surface area contributed by atoms with Crippen LogP contribution in [-0.4, -0.2) is 31.0 Å². The molecule has 0 bridgehead atoms. The molecule has 1 heterocycles. The molecule has 0 saturated carbocycles. The highest BCUT2D eigenvalue weighted by molar-refractivity contribution is 6.03. The van der Waals surface area contributed by atoms with E-state index in [-0.39, 0.29) is 11.5 Å². The zero-order valence-electron chi connectivity index (χ0n) is 11.8. The van der Waals surface area contributed by atoms with Gasteiger partial charge >= 0.3 is 5.97 Å². The Morgan fingerprint density at radius 3 is 2.57 bits per heavy atom. The fourth-order valence-corrected chi connectivity index (χ4v) is 1.52. The number of amides is 2. The van der Waals surface area contributed by atoms with Crippen LogP contribution >= 0.6 is 0 Å². The first-order chi connectivity index (χ1) is 11.1. The summed E-state index contributed by atoms with van der Waals surface area (Å²) >= 11 is 0. The van der Waals surface area contributed by atoms with Crippen molar-refractivity contribution in [2.45, 2.75) is 0 Å². The third-order valence-electron chi connectivity index (χ3n) is 2.54. The fraction of sp³-hybridized carbons (Fsp3) is 0.133. The summed E-state index contributed by atoms with van der Waals surface area (Å²) in [4.78, 5) is 34.3. The Kier molecular flexibility index (Phi) is 5.45. The third-order valence-corrected chi connectivity index (χ3v) is 2.54. The molecule has 0 fully saturated rings. The Morgan fingerprint density at radius 2 is 1.87 bits per heavy atom. The molecule has 0 aliphatic heterocycles. The molecule has 1 aromatic heterocycles. The molecule has 8 heteroatoms. The molecule has 0 atom stereocenters. The number of furan rings is 1. The van der Waals surface area contributed by atoms with Gasteiger partial charge in [0, 0.05) is 0 Å². The van der Waals surface area contributed by atoms with E-state index in [2.05, 4.69) is 4.74 Å². The monoisotopic (exact) mass is 321 g/mol. The molecule has 0 aliphatic carbocycles. The average molecular weight is 321 g/mol. The molecular weight excluding hydrogens is 309 g/mol. The molecule has 2 amide bonds. The molecule has 0 spiro atoms. The lowest BCUT2D eigenvalue weighted by atomic mass is 10.3. The first-order valence-corrected chi connectivity index (χ1v) is 6.47. The van der Waals surface area contributed by atoms with Crippen molar-refractivity contribution in [1.82, 2.24) is 5.32 Å². The topological polar surface area (TPSA) is 94.8 Å². The van der Waals surface area contributed by atoms with Gasteiger partial charge in [-0.3, -0.25) is 14.9 Å². The first kappa shape index (κ1) is 16.2. The number of halogens is 1. The van der Waals surface area contributed by atoms with E-state index in [4.69, 9.17) is 9.15 Å². The molecule has 2 aromatic rings. The summed E-state index contributed by atoms with van der Waals surface area (Å²) in [7, 11) is 0. The minimum absolute atomic E-state index is 0.0486. The summed E-state index contributed by atoms with van der Waals surface area (Å²) < 4.78 is 27.5. The molecule has 0 unspecified atom stereocenters. The van der Waals surface area contributed by atoms with E-state index in [1.54, 1.807) is 0 Å². The van der Waals surface area contributed by atoms with Crippen molar-refractivity contribution >= 4 is 17.8 Å². The van der Waals surface area contributed by atoms with Crippen LogP contribution < -0.4 is 10.1 Å². The number of para-hydroxylation sites is 1. The number of rotatable bonds is 6. The first-order valence-electron chi connectivity index (χ1n) is 6.47. The van der Waals surface area contributed by atoms with Gasteiger partial charge in [-0.2, -0.15) is 0 Å². The van der Waals surface area contributed by atoms with Crippen molar-refractivity contribution in [3.63, 3.8) is 0 Å². The van der Waals surface area contributed by atoms with E-state index in [0.29, 0.717) is 0 Å². The quantitative estimate of drug-likeness (QED) is 0.806. The van der Waals surface area contributed by atoms with Crippen LogP contribution in [0.1, 0.15) is 10.6 Å². The summed E-state index contributed by atoms with van der Waals surface area (Å²) in [5, 5.41) is 1.97. The minimum Gasteiger partial charge on any atom is -0.479 e. The Balaban J connectivity index is 1.71. The predicted molar refractivity (Wildman–Crippen MR) is 74.0 cm³/mol. The summed E-state index contributed by atoms with van der Waals surface area (Å²) in [5.74, 6) is -3.24. The van der Waals surface area contributed by atoms with Crippen molar-refractivity contribution in [3.8, 4) is 5.75 Å². The lowest BCUT2D eigenvalue weighted by Gasteiger charge is -2.07. The van der Waals surface area contributed by atoms with Gasteiger partial charge in [-0.25, -0.2) is 9.18 Å². The van der Waals surface area contributed by atoms with Gasteiger partial charge in [0.25, 0.3) is 11.8 Å². The summed E-state index contributed by atoms with van der Waals surface area (Å²) in [6.45, 7) is -1.24. The van der Waals surface area contributed by atoms with Crippen LogP contribution in [-0.2, 0) is 14.3 Å². The van der Waals surface area contributed by atoms with E-state index in [9.17, 15) is 18.8 Å². The maximum Gasteiger partial charge on any atom is 0.344 e. The Hall–Kier alpha value is -3.16. The van der Waals surface area contributed by atoms with Crippen LogP contribution in [0.5, 0.6) is 5.75 Å². The smallest absolute Gasteiger partial charge is 0.344 e. The van der Waals surface area contributed by atoms with E-state index in [1.807, 2.05) is 5.32 Å². The number of imide groups is 1. The van der Waals surface area contributed by atoms with Crippen LogP contribution in [0.4, 0.5) is 4.39 Å². The number of benzene rings is 1. The lowest BCUT2D eigenvalue weighted by molar-refractivity contribution is -0.150. The van der Waals surface area contributed by atoms with Crippen molar-refractivity contribution in [2.75, 3.05) is 13.2 Å². The molecule has 23 heavy (non-hydrogen) atoms. The number of ether oxygens (including phenoxy) is 2. The average Bonchev–Trinajstić information content (AvgIpc) is 3.06. The summed E-state index contributed by atoms with van der Waals surface area (Å²) in [5.41, 5.74) is 0. The second kappa shape index (κ2) is 7.74. The van der Waals surface area contributed by atoms with Crippen molar-refractivity contribution in [2.24, 2.45) is 0 Å². The number of hydrogen-bond donors (Lipinski definition) is 1. The van der Waals surface area contributed by atoms with Crippen LogP contribution in [0.25, 0.3) is 0 Å². The van der Waals surface area contributed by atoms with Gasteiger partial charge in [0.05, 0.1) is 6.26 Å². The van der Waals surface area contributed by atoms with Gasteiger partial charge < -0.3 is 13.9 Å².